The standard InChI is InChI=1S/C27H33ClN2O3/c28-23-13-11-20(12-14-23)24-19-22(24)9-5-2-6-10-25(27(32)30-15-17-33-18-16-30)29-26(31)21-7-3-1-4-8-21/h1,3-4,7-8,11-14,22,24-25H,2,5-6,9-10,15-19H2,(H,29,31)/t22?,24-,25-/m0/s1. The molecular formula is C27H33ClN2O3. The second-order valence-corrected chi connectivity index (χ2v) is 9.56. The van der Waals surface area contributed by atoms with E-state index >= 15 is 0 Å². The van der Waals surface area contributed by atoms with Crippen LogP contribution < -0.4 is 5.32 Å². The zero-order valence-electron chi connectivity index (χ0n) is 19.0. The van der Waals surface area contributed by atoms with Gasteiger partial charge in [0.05, 0.1) is 13.2 Å². The first-order valence-electron chi connectivity index (χ1n) is 12.1. The molecule has 2 aromatic carbocycles. The number of ether oxygens (including phenoxy) is 1. The summed E-state index contributed by atoms with van der Waals surface area (Å²) in [5, 5.41) is 3.78. The average molecular weight is 469 g/mol. The predicted octanol–water partition coefficient (Wildman–Crippen LogP) is 5.05. The first-order valence-corrected chi connectivity index (χ1v) is 12.5. The summed E-state index contributed by atoms with van der Waals surface area (Å²) in [7, 11) is 0. The molecule has 4 rings (SSSR count). The van der Waals surface area contributed by atoms with Gasteiger partial charge in [0, 0.05) is 23.7 Å². The quantitative estimate of drug-likeness (QED) is 0.496. The van der Waals surface area contributed by atoms with E-state index < -0.39 is 6.04 Å². The Hall–Kier alpha value is -2.37. The van der Waals surface area contributed by atoms with E-state index in [1.807, 2.05) is 35.2 Å². The van der Waals surface area contributed by atoms with E-state index in [2.05, 4.69) is 17.4 Å². The van der Waals surface area contributed by atoms with Crippen molar-refractivity contribution < 1.29 is 14.3 Å². The third-order valence-electron chi connectivity index (χ3n) is 6.75. The third kappa shape index (κ3) is 6.81. The van der Waals surface area contributed by atoms with Gasteiger partial charge in [-0.25, -0.2) is 0 Å². The number of halogens is 1. The first-order chi connectivity index (χ1) is 16.1. The van der Waals surface area contributed by atoms with Crippen LogP contribution in [0.15, 0.2) is 54.6 Å². The Morgan fingerprint density at radius 2 is 1.73 bits per heavy atom. The van der Waals surface area contributed by atoms with E-state index in [1.165, 1.54) is 18.4 Å². The van der Waals surface area contributed by atoms with E-state index in [-0.39, 0.29) is 11.8 Å². The van der Waals surface area contributed by atoms with E-state index in [0.29, 0.717) is 44.2 Å². The van der Waals surface area contributed by atoms with Crippen molar-refractivity contribution in [1.29, 1.82) is 0 Å². The predicted molar refractivity (Wildman–Crippen MR) is 130 cm³/mol. The zero-order chi connectivity index (χ0) is 23.0. The fraction of sp³-hybridized carbons (Fsp3) is 0.481. The van der Waals surface area contributed by atoms with Gasteiger partial charge in [0.1, 0.15) is 6.04 Å². The van der Waals surface area contributed by atoms with Gasteiger partial charge in [-0.1, -0.05) is 61.2 Å². The second-order valence-electron chi connectivity index (χ2n) is 9.12. The van der Waals surface area contributed by atoms with Crippen molar-refractivity contribution >= 4 is 23.4 Å². The molecule has 1 N–H and O–H groups in total. The van der Waals surface area contributed by atoms with Gasteiger partial charge in [-0.3, -0.25) is 9.59 Å². The van der Waals surface area contributed by atoms with Crippen molar-refractivity contribution in [3.63, 3.8) is 0 Å². The summed E-state index contributed by atoms with van der Waals surface area (Å²) in [6.45, 7) is 2.29. The van der Waals surface area contributed by atoms with Crippen LogP contribution in [0.5, 0.6) is 0 Å². The zero-order valence-corrected chi connectivity index (χ0v) is 19.8. The Morgan fingerprint density at radius 3 is 2.45 bits per heavy atom. The highest BCUT2D eigenvalue weighted by Crippen LogP contribution is 2.50. The number of nitrogens with one attached hydrogen (secondary N) is 1. The van der Waals surface area contributed by atoms with Crippen LogP contribution in [0.2, 0.25) is 5.02 Å². The van der Waals surface area contributed by atoms with Gasteiger partial charge in [-0.05, 0) is 60.9 Å². The van der Waals surface area contributed by atoms with E-state index in [9.17, 15) is 9.59 Å². The highest BCUT2D eigenvalue weighted by molar-refractivity contribution is 6.30. The van der Waals surface area contributed by atoms with Crippen LogP contribution >= 0.6 is 11.6 Å². The highest BCUT2D eigenvalue weighted by atomic mass is 35.5. The summed E-state index contributed by atoms with van der Waals surface area (Å²) in [4.78, 5) is 27.6. The summed E-state index contributed by atoms with van der Waals surface area (Å²) in [5.74, 6) is 1.25. The molecule has 5 nitrogen and oxygen atoms in total. The van der Waals surface area contributed by atoms with Crippen LogP contribution in [0.1, 0.15) is 60.4 Å². The molecular weight excluding hydrogens is 436 g/mol. The molecule has 2 fully saturated rings. The van der Waals surface area contributed by atoms with Gasteiger partial charge in [0.15, 0.2) is 0 Å². The van der Waals surface area contributed by atoms with Crippen molar-refractivity contribution in [3.8, 4) is 0 Å². The summed E-state index contributed by atoms with van der Waals surface area (Å²) in [5.41, 5.74) is 1.98. The molecule has 0 radical (unpaired) electrons. The van der Waals surface area contributed by atoms with Crippen LogP contribution in [0.4, 0.5) is 0 Å². The molecule has 1 saturated carbocycles. The number of hydrogen-bond acceptors (Lipinski definition) is 3. The fourth-order valence-corrected chi connectivity index (χ4v) is 4.84. The molecule has 0 aromatic heterocycles. The Morgan fingerprint density at radius 1 is 1.00 bits per heavy atom. The number of unbranched alkanes of at least 4 members (excludes halogenated alkanes) is 2. The van der Waals surface area contributed by atoms with Crippen molar-refractivity contribution in [3.05, 3.63) is 70.7 Å². The maximum Gasteiger partial charge on any atom is 0.251 e. The van der Waals surface area contributed by atoms with Gasteiger partial charge in [0.2, 0.25) is 5.91 Å². The lowest BCUT2D eigenvalue weighted by Gasteiger charge is -2.30. The smallest absolute Gasteiger partial charge is 0.251 e. The average Bonchev–Trinajstić information content (AvgIpc) is 3.63. The minimum absolute atomic E-state index is 0.00702. The number of carbonyl (C=O) groups excluding carboxylic acids is 2. The van der Waals surface area contributed by atoms with Crippen LogP contribution in [0, 0.1) is 5.92 Å². The molecule has 1 aliphatic carbocycles. The molecule has 0 spiro atoms. The van der Waals surface area contributed by atoms with Gasteiger partial charge < -0.3 is 15.0 Å². The summed E-state index contributed by atoms with van der Waals surface area (Å²) in [6.07, 6.45) is 6.28. The molecule has 1 aliphatic heterocycles. The SMILES string of the molecule is O=C(N[C@@H](CCCCCC1C[C@H]1c1ccc(Cl)cc1)C(=O)N1CCOCC1)c1ccccc1. The third-order valence-corrected chi connectivity index (χ3v) is 7.00. The summed E-state index contributed by atoms with van der Waals surface area (Å²) in [6, 6.07) is 16.9. The lowest BCUT2D eigenvalue weighted by atomic mass is 10.0. The number of nitrogens with zero attached hydrogens (tertiary/aromatic N) is 1. The lowest BCUT2D eigenvalue weighted by Crippen LogP contribution is -2.51. The maximum atomic E-state index is 13.1. The maximum absolute atomic E-state index is 13.1. The van der Waals surface area contributed by atoms with Crippen LogP contribution in [-0.2, 0) is 9.53 Å². The molecule has 33 heavy (non-hydrogen) atoms. The second kappa shape index (κ2) is 11.7. The number of benzene rings is 2. The largest absolute Gasteiger partial charge is 0.378 e. The van der Waals surface area contributed by atoms with E-state index in [4.69, 9.17) is 16.3 Å². The molecule has 2 aromatic rings. The van der Waals surface area contributed by atoms with Gasteiger partial charge in [0.25, 0.3) is 5.91 Å². The van der Waals surface area contributed by atoms with E-state index in [0.717, 1.165) is 30.2 Å². The number of amides is 2. The molecule has 6 heteroatoms. The first kappa shape index (κ1) is 23.8. The molecule has 2 amide bonds. The fourth-order valence-electron chi connectivity index (χ4n) is 4.71. The van der Waals surface area contributed by atoms with Crippen molar-refractivity contribution in [2.24, 2.45) is 5.92 Å². The van der Waals surface area contributed by atoms with Crippen LogP contribution in [0.25, 0.3) is 0 Å². The number of carbonyl (C=O) groups is 2. The summed E-state index contributed by atoms with van der Waals surface area (Å²) >= 11 is 6.00. The van der Waals surface area contributed by atoms with Gasteiger partial charge >= 0.3 is 0 Å². The summed E-state index contributed by atoms with van der Waals surface area (Å²) < 4.78 is 5.38. The minimum atomic E-state index is -0.487. The highest BCUT2D eigenvalue weighted by Gasteiger charge is 2.37. The molecule has 3 atom stereocenters. The van der Waals surface area contributed by atoms with Crippen LogP contribution in [-0.4, -0.2) is 49.1 Å². The van der Waals surface area contributed by atoms with Crippen molar-refractivity contribution in [2.75, 3.05) is 26.3 Å². The Bertz CT molecular complexity index is 913. The molecule has 1 saturated heterocycles. The molecule has 1 unspecified atom stereocenters. The number of morpholine rings is 1. The van der Waals surface area contributed by atoms with Crippen LogP contribution in [0.3, 0.4) is 0 Å². The van der Waals surface area contributed by atoms with Gasteiger partial charge in [-0.15, -0.1) is 0 Å². The monoisotopic (exact) mass is 468 g/mol. The normalized spacial score (nSPS) is 20.8. The molecule has 2 aliphatic rings. The Kier molecular flexibility index (Phi) is 8.40. The van der Waals surface area contributed by atoms with E-state index in [1.54, 1.807) is 12.1 Å². The number of rotatable bonds is 10. The molecule has 176 valence electrons. The minimum Gasteiger partial charge on any atom is -0.378 e. The van der Waals surface area contributed by atoms with Crippen molar-refractivity contribution in [2.45, 2.75) is 50.5 Å². The van der Waals surface area contributed by atoms with Gasteiger partial charge in [-0.2, -0.15) is 0 Å². The Labute approximate surface area is 201 Å². The molecule has 0 bridgehead atoms. The number of hydrogen-bond donors (Lipinski definition) is 1. The lowest BCUT2D eigenvalue weighted by molar-refractivity contribution is -0.137. The Balaban J connectivity index is 1.24. The molecule has 1 heterocycles. The van der Waals surface area contributed by atoms with Crippen molar-refractivity contribution in [1.82, 2.24) is 10.2 Å². The topological polar surface area (TPSA) is 58.6 Å².